The van der Waals surface area contributed by atoms with Crippen LogP contribution in [0.5, 0.6) is 0 Å². The molecule has 0 aromatic heterocycles. The molecule has 3 rings (SSSR count). The third kappa shape index (κ3) is 5.35. The number of para-hydroxylation sites is 1. The van der Waals surface area contributed by atoms with Crippen LogP contribution in [0.4, 0.5) is 10.1 Å². The number of nitrogens with one attached hydrogen (secondary N) is 2. The predicted octanol–water partition coefficient (Wildman–Crippen LogP) is 3.23. The molecule has 1 fully saturated rings. The summed E-state index contributed by atoms with van der Waals surface area (Å²) < 4.78 is 45.9. The summed E-state index contributed by atoms with van der Waals surface area (Å²) in [7, 11) is -4.03. The van der Waals surface area contributed by atoms with Crippen molar-refractivity contribution in [1.29, 1.82) is 0 Å². The van der Waals surface area contributed by atoms with E-state index in [0.717, 1.165) is 31.7 Å². The summed E-state index contributed by atoms with van der Waals surface area (Å²) >= 11 is 0. The highest BCUT2D eigenvalue weighted by Crippen LogP contribution is 2.20. The average molecular weight is 434 g/mol. The maximum absolute atomic E-state index is 13.7. The molecule has 1 aliphatic carbocycles. The lowest BCUT2D eigenvalue weighted by Crippen LogP contribution is -2.40. The van der Waals surface area contributed by atoms with E-state index in [4.69, 9.17) is 4.74 Å². The number of amides is 1. The maximum Gasteiger partial charge on any atom is 0.338 e. The van der Waals surface area contributed by atoms with Crippen molar-refractivity contribution in [3.8, 4) is 0 Å². The van der Waals surface area contributed by atoms with Gasteiger partial charge in [0.25, 0.3) is 15.9 Å². The number of halogens is 1. The molecule has 1 amide bonds. The van der Waals surface area contributed by atoms with Crippen LogP contribution < -0.4 is 10.0 Å². The Hall–Kier alpha value is -2.94. The van der Waals surface area contributed by atoms with Crippen molar-refractivity contribution in [3.05, 3.63) is 59.9 Å². The maximum atomic E-state index is 13.7. The zero-order chi connectivity index (χ0) is 21.7. The van der Waals surface area contributed by atoms with E-state index < -0.39 is 27.9 Å². The van der Waals surface area contributed by atoms with Crippen LogP contribution in [0.2, 0.25) is 0 Å². The van der Waals surface area contributed by atoms with Crippen LogP contribution in [0, 0.1) is 5.82 Å². The molecule has 0 unspecified atom stereocenters. The van der Waals surface area contributed by atoms with E-state index >= 15 is 0 Å². The van der Waals surface area contributed by atoms with E-state index in [1.54, 1.807) is 0 Å². The number of rotatable bonds is 7. The minimum absolute atomic E-state index is 0.0976. The topological polar surface area (TPSA) is 102 Å². The molecule has 160 valence electrons. The van der Waals surface area contributed by atoms with Crippen molar-refractivity contribution in [2.75, 3.05) is 4.72 Å². The van der Waals surface area contributed by atoms with Crippen molar-refractivity contribution >= 4 is 27.6 Å². The van der Waals surface area contributed by atoms with E-state index in [1.165, 1.54) is 49.4 Å². The van der Waals surface area contributed by atoms with Crippen LogP contribution >= 0.6 is 0 Å². The van der Waals surface area contributed by atoms with Gasteiger partial charge in [0.05, 0.1) is 16.1 Å². The summed E-state index contributed by atoms with van der Waals surface area (Å²) in [5, 5.41) is 2.86. The van der Waals surface area contributed by atoms with Gasteiger partial charge in [-0.1, -0.05) is 25.0 Å². The Morgan fingerprint density at radius 2 is 1.70 bits per heavy atom. The zero-order valence-electron chi connectivity index (χ0n) is 16.4. The monoisotopic (exact) mass is 434 g/mol. The minimum Gasteiger partial charge on any atom is -0.449 e. The molecule has 0 saturated heterocycles. The number of esters is 1. The zero-order valence-corrected chi connectivity index (χ0v) is 17.2. The van der Waals surface area contributed by atoms with Crippen LogP contribution in [-0.2, 0) is 19.6 Å². The fourth-order valence-corrected chi connectivity index (χ4v) is 4.26. The molecule has 7 nitrogen and oxygen atoms in total. The molecule has 2 aromatic carbocycles. The van der Waals surface area contributed by atoms with Crippen LogP contribution in [0.25, 0.3) is 0 Å². The van der Waals surface area contributed by atoms with E-state index in [-0.39, 0.29) is 28.1 Å². The first-order chi connectivity index (χ1) is 14.3. The molecule has 2 N–H and O–H groups in total. The Morgan fingerprint density at radius 3 is 2.33 bits per heavy atom. The standard InChI is InChI=1S/C21H23FN2O5S/c1-14(20(25)23-16-6-2-3-7-16)29-21(26)15-10-12-17(13-11-15)30(27,28)24-19-9-5-4-8-18(19)22/h4-5,8-14,16,24H,2-3,6-7H2,1H3,(H,23,25)/t14-/m1/s1. The van der Waals surface area contributed by atoms with E-state index in [9.17, 15) is 22.4 Å². The van der Waals surface area contributed by atoms with Crippen LogP contribution in [0.15, 0.2) is 53.4 Å². The van der Waals surface area contributed by atoms with Crippen molar-refractivity contribution in [2.45, 2.75) is 49.6 Å². The highest BCUT2D eigenvalue weighted by Gasteiger charge is 2.24. The second-order valence-corrected chi connectivity index (χ2v) is 8.83. The Kier molecular flexibility index (Phi) is 6.71. The van der Waals surface area contributed by atoms with Gasteiger partial charge in [0, 0.05) is 6.04 Å². The smallest absolute Gasteiger partial charge is 0.338 e. The molecule has 0 radical (unpaired) electrons. The molecule has 9 heteroatoms. The molecule has 1 atom stereocenters. The van der Waals surface area contributed by atoms with Crippen molar-refractivity contribution in [3.63, 3.8) is 0 Å². The Morgan fingerprint density at radius 1 is 1.07 bits per heavy atom. The van der Waals surface area contributed by atoms with Gasteiger partial charge in [0.2, 0.25) is 0 Å². The molecule has 0 heterocycles. The second-order valence-electron chi connectivity index (χ2n) is 7.15. The lowest BCUT2D eigenvalue weighted by molar-refractivity contribution is -0.129. The summed E-state index contributed by atoms with van der Waals surface area (Å²) in [6.07, 6.45) is 3.01. The molecule has 30 heavy (non-hydrogen) atoms. The number of sulfonamides is 1. The molecule has 1 saturated carbocycles. The fraction of sp³-hybridized carbons (Fsp3) is 0.333. The largest absolute Gasteiger partial charge is 0.449 e. The van der Waals surface area contributed by atoms with Crippen LogP contribution in [0.1, 0.15) is 43.0 Å². The number of hydrogen-bond acceptors (Lipinski definition) is 5. The summed E-state index contributed by atoms with van der Waals surface area (Å²) in [5.41, 5.74) is -0.0801. The first kappa shape index (κ1) is 21.8. The van der Waals surface area contributed by atoms with E-state index in [2.05, 4.69) is 10.0 Å². The minimum atomic E-state index is -4.03. The van der Waals surface area contributed by atoms with Gasteiger partial charge in [-0.25, -0.2) is 17.6 Å². The number of carbonyl (C=O) groups is 2. The van der Waals surface area contributed by atoms with Crippen LogP contribution in [-0.4, -0.2) is 32.4 Å². The Bertz CT molecular complexity index is 1020. The van der Waals surface area contributed by atoms with Gasteiger partial charge in [-0.15, -0.1) is 0 Å². The van der Waals surface area contributed by atoms with Crippen molar-refractivity contribution in [2.24, 2.45) is 0 Å². The summed E-state index contributed by atoms with van der Waals surface area (Å²) in [6.45, 7) is 1.49. The molecular formula is C21H23FN2O5S. The summed E-state index contributed by atoms with van der Waals surface area (Å²) in [5.74, 6) is -1.80. The molecular weight excluding hydrogens is 411 g/mol. The molecule has 0 bridgehead atoms. The van der Waals surface area contributed by atoms with Gasteiger partial charge >= 0.3 is 5.97 Å². The van der Waals surface area contributed by atoms with Crippen molar-refractivity contribution < 1.29 is 27.1 Å². The third-order valence-electron chi connectivity index (χ3n) is 4.87. The highest BCUT2D eigenvalue weighted by atomic mass is 32.2. The lowest BCUT2D eigenvalue weighted by Gasteiger charge is -2.17. The summed E-state index contributed by atoms with van der Waals surface area (Å²) in [4.78, 5) is 24.3. The number of hydrogen-bond donors (Lipinski definition) is 2. The third-order valence-corrected chi connectivity index (χ3v) is 6.25. The molecule has 0 spiro atoms. The van der Waals surface area contributed by atoms with E-state index in [1.807, 2.05) is 0 Å². The molecule has 0 aliphatic heterocycles. The van der Waals surface area contributed by atoms with Gasteiger partial charge in [-0.2, -0.15) is 0 Å². The van der Waals surface area contributed by atoms with Crippen molar-refractivity contribution in [1.82, 2.24) is 5.32 Å². The number of anilines is 1. The SMILES string of the molecule is C[C@@H](OC(=O)c1ccc(S(=O)(=O)Nc2ccccc2F)cc1)C(=O)NC1CCCC1. The van der Waals surface area contributed by atoms with E-state index in [0.29, 0.717) is 0 Å². The Labute approximate surface area is 174 Å². The normalized spacial score (nSPS) is 15.4. The fourth-order valence-electron chi connectivity index (χ4n) is 3.19. The number of benzene rings is 2. The predicted molar refractivity (Wildman–Crippen MR) is 109 cm³/mol. The average Bonchev–Trinajstić information content (AvgIpc) is 3.22. The lowest BCUT2D eigenvalue weighted by atomic mass is 10.2. The highest BCUT2D eigenvalue weighted by molar-refractivity contribution is 7.92. The van der Waals surface area contributed by atoms with Crippen LogP contribution in [0.3, 0.4) is 0 Å². The Balaban J connectivity index is 1.62. The number of carbonyl (C=O) groups excluding carboxylic acids is 2. The van der Waals surface area contributed by atoms with Gasteiger partial charge < -0.3 is 10.1 Å². The second kappa shape index (κ2) is 9.25. The van der Waals surface area contributed by atoms with Gasteiger partial charge in [-0.05, 0) is 56.2 Å². The molecule has 1 aliphatic rings. The first-order valence-electron chi connectivity index (χ1n) is 9.65. The van der Waals surface area contributed by atoms with Gasteiger partial charge in [-0.3, -0.25) is 9.52 Å². The molecule has 2 aromatic rings. The first-order valence-corrected chi connectivity index (χ1v) is 11.1. The van der Waals surface area contributed by atoms with Gasteiger partial charge in [0.1, 0.15) is 5.82 Å². The quantitative estimate of drug-likeness (QED) is 0.652. The van der Waals surface area contributed by atoms with Gasteiger partial charge in [0.15, 0.2) is 6.10 Å². The summed E-state index contributed by atoms with van der Waals surface area (Å²) in [6, 6.07) is 10.5. The number of ether oxygens (including phenoxy) is 1.